The second-order valence-electron chi connectivity index (χ2n) is 5.15. The van der Waals surface area contributed by atoms with Crippen LogP contribution in [-0.4, -0.2) is 18.2 Å². The van der Waals surface area contributed by atoms with Crippen molar-refractivity contribution in [2.45, 2.75) is 20.0 Å². The lowest BCUT2D eigenvalue weighted by molar-refractivity contribution is 0.287. The van der Waals surface area contributed by atoms with Gasteiger partial charge in [-0.05, 0) is 32.0 Å². The Hall–Kier alpha value is -1.84. The second-order valence-corrected chi connectivity index (χ2v) is 6.93. The Bertz CT molecular complexity index is 830. The van der Waals surface area contributed by atoms with Crippen LogP contribution in [0, 0.1) is 0 Å². The molecule has 0 saturated heterocycles. The van der Waals surface area contributed by atoms with Crippen LogP contribution in [0.15, 0.2) is 36.4 Å². The van der Waals surface area contributed by atoms with Crippen LogP contribution < -0.4 is 9.47 Å². The summed E-state index contributed by atoms with van der Waals surface area (Å²) in [6, 6.07) is 12.0. The zero-order valence-corrected chi connectivity index (χ0v) is 15.7. The topological polar surface area (TPSA) is 48.4 Å². The lowest BCUT2D eigenvalue weighted by atomic mass is 10.1. The molecule has 0 amide bonds. The highest BCUT2D eigenvalue weighted by atomic mass is 32.1. The summed E-state index contributed by atoms with van der Waals surface area (Å²) in [4.78, 5) is 4.73. The highest BCUT2D eigenvalue weighted by Crippen LogP contribution is 2.44. The zero-order chi connectivity index (χ0) is 16.9. The lowest BCUT2D eigenvalue weighted by Gasteiger charge is -2.17. The molecule has 1 atom stereocenters. The normalized spacial score (nSPS) is 11.4. The number of nitrogens with zero attached hydrogens (tertiary/aromatic N) is 1. The van der Waals surface area contributed by atoms with Gasteiger partial charge in [0.1, 0.15) is 5.01 Å². The third kappa shape index (κ3) is 3.33. The predicted octanol–water partition coefficient (Wildman–Crippen LogP) is 5.02. The van der Waals surface area contributed by atoms with Gasteiger partial charge in [-0.1, -0.05) is 18.2 Å². The molecule has 126 valence electrons. The van der Waals surface area contributed by atoms with Crippen LogP contribution in [0.25, 0.3) is 20.8 Å². The third-order valence-corrected chi connectivity index (χ3v) is 5.27. The van der Waals surface area contributed by atoms with Crippen LogP contribution in [0.1, 0.15) is 19.4 Å². The fraction of sp³-hybridized carbons (Fsp3) is 0.278. The van der Waals surface area contributed by atoms with E-state index in [1.54, 1.807) is 11.3 Å². The third-order valence-electron chi connectivity index (χ3n) is 3.60. The predicted molar refractivity (Wildman–Crippen MR) is 101 cm³/mol. The summed E-state index contributed by atoms with van der Waals surface area (Å²) >= 11 is 1.63. The smallest absolute Gasteiger partial charge is 0.171 e. The highest BCUT2D eigenvalue weighted by Gasteiger charge is 2.19. The number of benzene rings is 2. The van der Waals surface area contributed by atoms with Gasteiger partial charge in [-0.15, -0.1) is 11.3 Å². The van der Waals surface area contributed by atoms with Gasteiger partial charge in [-0.3, -0.25) is 0 Å². The minimum atomic E-state index is -0.877. The van der Waals surface area contributed by atoms with Crippen molar-refractivity contribution in [3.8, 4) is 22.1 Å². The van der Waals surface area contributed by atoms with E-state index >= 15 is 0 Å². The average Bonchev–Trinajstić information content (AvgIpc) is 3.02. The number of ether oxygens (including phenoxy) is 2. The number of thiazole rings is 1. The van der Waals surface area contributed by atoms with E-state index in [9.17, 15) is 4.57 Å². The highest BCUT2D eigenvalue weighted by molar-refractivity contribution is 7.22. The summed E-state index contributed by atoms with van der Waals surface area (Å²) in [5.41, 5.74) is 2.83. The van der Waals surface area contributed by atoms with Crippen molar-refractivity contribution in [2.75, 3.05) is 13.2 Å². The molecule has 3 aromatic rings. The average molecular weight is 361 g/mol. The molecule has 1 aromatic heterocycles. The molecule has 0 spiro atoms. The van der Waals surface area contributed by atoms with Gasteiger partial charge in [0, 0.05) is 11.7 Å². The van der Waals surface area contributed by atoms with Crippen molar-refractivity contribution in [3.63, 3.8) is 0 Å². The molecule has 0 radical (unpaired) electrons. The molecular weight excluding hydrogens is 341 g/mol. The molecule has 4 nitrogen and oxygen atoms in total. The molecule has 0 fully saturated rings. The molecule has 0 N–H and O–H groups in total. The number of para-hydroxylation sites is 1. The summed E-state index contributed by atoms with van der Waals surface area (Å²) < 4.78 is 24.1. The van der Waals surface area contributed by atoms with E-state index < -0.39 is 8.46 Å². The van der Waals surface area contributed by atoms with Gasteiger partial charge >= 0.3 is 0 Å². The van der Waals surface area contributed by atoms with E-state index in [0.29, 0.717) is 30.9 Å². The fourth-order valence-corrected chi connectivity index (χ4v) is 4.09. The second kappa shape index (κ2) is 7.82. The molecule has 0 aliphatic rings. The number of fused-ring (bicyclic) bond motifs is 1. The van der Waals surface area contributed by atoms with E-state index in [1.807, 2.05) is 44.2 Å². The van der Waals surface area contributed by atoms with Crippen LogP contribution in [0.2, 0.25) is 0 Å². The first-order valence-corrected chi connectivity index (χ1v) is 10.1. The molecule has 1 unspecified atom stereocenters. The van der Waals surface area contributed by atoms with Gasteiger partial charge in [0.25, 0.3) is 0 Å². The lowest BCUT2D eigenvalue weighted by Crippen LogP contribution is -2.02. The molecule has 24 heavy (non-hydrogen) atoms. The van der Waals surface area contributed by atoms with Crippen molar-refractivity contribution in [3.05, 3.63) is 42.0 Å². The van der Waals surface area contributed by atoms with E-state index in [-0.39, 0.29) is 0 Å². The van der Waals surface area contributed by atoms with Gasteiger partial charge in [0.15, 0.2) is 11.5 Å². The Labute approximate surface area is 146 Å². The standard InChI is InChI=1S/C18H20NO3PS/c1-3-21-16-12(11-23-20)9-10-13(17(16)22-4-2)18-19-14-7-5-6-8-15(14)24-18/h5-10H,3-4,11,23H2,1-2H3. The molecule has 0 bridgehead atoms. The maximum absolute atomic E-state index is 11.2. The van der Waals surface area contributed by atoms with Gasteiger partial charge in [-0.2, -0.15) is 0 Å². The molecular formula is C18H20NO3PS. The Balaban J connectivity index is 2.18. The molecule has 0 aliphatic heterocycles. The summed E-state index contributed by atoms with van der Waals surface area (Å²) in [5.74, 6) is 1.39. The van der Waals surface area contributed by atoms with E-state index in [1.165, 1.54) is 0 Å². The minimum Gasteiger partial charge on any atom is -0.490 e. The van der Waals surface area contributed by atoms with Crippen molar-refractivity contribution >= 4 is 30.0 Å². The van der Waals surface area contributed by atoms with Crippen molar-refractivity contribution < 1.29 is 14.0 Å². The largest absolute Gasteiger partial charge is 0.490 e. The summed E-state index contributed by atoms with van der Waals surface area (Å²) in [6.45, 7) is 4.95. The van der Waals surface area contributed by atoms with Crippen molar-refractivity contribution in [1.82, 2.24) is 4.98 Å². The number of hydrogen-bond acceptors (Lipinski definition) is 5. The van der Waals surface area contributed by atoms with Crippen LogP contribution in [-0.2, 0) is 10.7 Å². The van der Waals surface area contributed by atoms with E-state index in [4.69, 9.17) is 14.5 Å². The van der Waals surface area contributed by atoms with Gasteiger partial charge in [-0.25, -0.2) is 4.98 Å². The Morgan fingerprint density at radius 1 is 1.04 bits per heavy atom. The molecule has 0 saturated carbocycles. The molecule has 6 heteroatoms. The number of aromatic nitrogens is 1. The van der Waals surface area contributed by atoms with E-state index in [0.717, 1.165) is 26.4 Å². The Kier molecular flexibility index (Phi) is 5.54. The Morgan fingerprint density at radius 3 is 2.50 bits per heavy atom. The summed E-state index contributed by atoms with van der Waals surface area (Å²) in [7, 11) is -0.877. The van der Waals surface area contributed by atoms with Crippen molar-refractivity contribution in [2.24, 2.45) is 0 Å². The first-order valence-electron chi connectivity index (χ1n) is 7.99. The molecule has 1 heterocycles. The molecule has 0 aliphatic carbocycles. The minimum absolute atomic E-state index is 0.509. The SMILES string of the molecule is CCOc1c(C[PH2]=O)ccc(-c2nc3ccccc3s2)c1OCC. The summed E-state index contributed by atoms with van der Waals surface area (Å²) in [5, 5.41) is 0.904. The summed E-state index contributed by atoms with van der Waals surface area (Å²) in [6.07, 6.45) is 0.509. The molecule has 3 rings (SSSR count). The van der Waals surface area contributed by atoms with Crippen LogP contribution >= 0.6 is 19.8 Å². The Morgan fingerprint density at radius 2 is 1.79 bits per heavy atom. The monoisotopic (exact) mass is 361 g/mol. The first kappa shape index (κ1) is 17.0. The number of rotatable bonds is 7. The zero-order valence-electron chi connectivity index (χ0n) is 13.7. The van der Waals surface area contributed by atoms with Crippen LogP contribution in [0.3, 0.4) is 0 Å². The maximum atomic E-state index is 11.2. The van der Waals surface area contributed by atoms with Crippen molar-refractivity contribution in [1.29, 1.82) is 0 Å². The van der Waals surface area contributed by atoms with Crippen LogP contribution in [0.4, 0.5) is 0 Å². The fourth-order valence-electron chi connectivity index (χ4n) is 2.60. The van der Waals surface area contributed by atoms with Gasteiger partial charge in [0.05, 0.1) is 37.5 Å². The number of hydrogen-bond donors (Lipinski definition) is 0. The van der Waals surface area contributed by atoms with E-state index in [2.05, 4.69) is 6.07 Å². The first-order chi connectivity index (χ1) is 11.8. The molecule has 2 aromatic carbocycles. The maximum Gasteiger partial charge on any atom is 0.171 e. The van der Waals surface area contributed by atoms with Gasteiger partial charge in [0.2, 0.25) is 0 Å². The van der Waals surface area contributed by atoms with Gasteiger partial charge < -0.3 is 14.0 Å². The van der Waals surface area contributed by atoms with Crippen LogP contribution in [0.5, 0.6) is 11.5 Å². The quantitative estimate of drug-likeness (QED) is 0.555.